The first-order valence-corrected chi connectivity index (χ1v) is 6.30. The molecule has 5 nitrogen and oxygen atoms in total. The van der Waals surface area contributed by atoms with Crippen molar-refractivity contribution in [1.82, 2.24) is 5.32 Å². The molecule has 90 valence electrons. The van der Waals surface area contributed by atoms with Gasteiger partial charge in [-0.05, 0) is 6.92 Å². The van der Waals surface area contributed by atoms with Gasteiger partial charge in [0.2, 0.25) is 5.91 Å². The maximum atomic E-state index is 11.9. The normalized spacial score (nSPS) is 14.8. The smallest absolute Gasteiger partial charge is 0.342 e. The van der Waals surface area contributed by atoms with Crippen LogP contribution in [-0.4, -0.2) is 25.9 Å². The fourth-order valence-electron chi connectivity index (χ4n) is 0.876. The zero-order valence-electron chi connectivity index (χ0n) is 10.2. The van der Waals surface area contributed by atoms with E-state index >= 15 is 0 Å². The zero-order chi connectivity index (χ0) is 12.3. The third-order valence-electron chi connectivity index (χ3n) is 2.00. The van der Waals surface area contributed by atoms with E-state index in [1.165, 1.54) is 14.2 Å². The minimum atomic E-state index is -3.23. The molecule has 0 aromatic rings. The molecule has 1 unspecified atom stereocenters. The van der Waals surface area contributed by atoms with Crippen LogP contribution in [0, 0.1) is 5.41 Å². The van der Waals surface area contributed by atoms with E-state index in [0.29, 0.717) is 0 Å². The van der Waals surface area contributed by atoms with Gasteiger partial charge in [-0.1, -0.05) is 20.8 Å². The molecule has 0 radical (unpaired) electrons. The summed E-state index contributed by atoms with van der Waals surface area (Å²) in [6.45, 7) is 6.93. The van der Waals surface area contributed by atoms with Gasteiger partial charge < -0.3 is 14.4 Å². The lowest BCUT2D eigenvalue weighted by atomic mass is 9.96. The van der Waals surface area contributed by atoms with Crippen LogP contribution < -0.4 is 5.32 Å². The number of nitrogens with one attached hydrogen (secondary N) is 1. The fourth-order valence-corrected chi connectivity index (χ4v) is 1.93. The quantitative estimate of drug-likeness (QED) is 0.759. The molecule has 1 N–H and O–H groups in total. The van der Waals surface area contributed by atoms with Crippen LogP contribution in [0.25, 0.3) is 0 Å². The Bertz CT molecular complexity index is 264. The topological polar surface area (TPSA) is 64.6 Å². The van der Waals surface area contributed by atoms with Gasteiger partial charge in [-0.15, -0.1) is 0 Å². The van der Waals surface area contributed by atoms with Crippen LogP contribution in [0.4, 0.5) is 0 Å². The van der Waals surface area contributed by atoms with Gasteiger partial charge >= 0.3 is 7.60 Å². The molecule has 0 heterocycles. The van der Waals surface area contributed by atoms with E-state index in [1.54, 1.807) is 27.7 Å². The molecule has 0 aliphatic rings. The Hall–Kier alpha value is -0.380. The van der Waals surface area contributed by atoms with Gasteiger partial charge in [-0.3, -0.25) is 9.36 Å². The number of amides is 1. The van der Waals surface area contributed by atoms with Crippen LogP contribution in [0.15, 0.2) is 0 Å². The lowest BCUT2D eigenvalue weighted by molar-refractivity contribution is -0.128. The molecular formula is C9H20NO4P. The summed E-state index contributed by atoms with van der Waals surface area (Å²) in [7, 11) is -0.636. The van der Waals surface area contributed by atoms with Crippen molar-refractivity contribution in [1.29, 1.82) is 0 Å². The first kappa shape index (κ1) is 14.6. The summed E-state index contributed by atoms with van der Waals surface area (Å²) in [6, 6.07) is 0. The van der Waals surface area contributed by atoms with Crippen LogP contribution in [0.5, 0.6) is 0 Å². The molecule has 0 saturated carbocycles. The zero-order valence-corrected chi connectivity index (χ0v) is 11.1. The van der Waals surface area contributed by atoms with Crippen molar-refractivity contribution < 1.29 is 18.4 Å². The van der Waals surface area contributed by atoms with Gasteiger partial charge in [0.1, 0.15) is 5.78 Å². The van der Waals surface area contributed by atoms with Crippen LogP contribution in [0.1, 0.15) is 27.7 Å². The van der Waals surface area contributed by atoms with E-state index in [9.17, 15) is 9.36 Å². The van der Waals surface area contributed by atoms with E-state index in [1.807, 2.05) is 0 Å². The summed E-state index contributed by atoms with van der Waals surface area (Å²) in [5.41, 5.74) is -0.527. The van der Waals surface area contributed by atoms with Gasteiger partial charge in [-0.2, -0.15) is 0 Å². The molecule has 0 aliphatic carbocycles. The van der Waals surface area contributed by atoms with Gasteiger partial charge in [-0.25, -0.2) is 0 Å². The van der Waals surface area contributed by atoms with Gasteiger partial charge in [0.15, 0.2) is 0 Å². The first-order chi connectivity index (χ1) is 6.67. The Kier molecular flexibility index (Phi) is 4.97. The molecule has 0 aromatic heterocycles. The number of rotatable bonds is 4. The number of carbonyl (C=O) groups is 1. The second-order valence-corrected chi connectivity index (χ2v) is 6.89. The third kappa shape index (κ3) is 3.93. The molecular weight excluding hydrogens is 217 g/mol. The first-order valence-electron chi connectivity index (χ1n) is 4.69. The van der Waals surface area contributed by atoms with Crippen molar-refractivity contribution in [3.05, 3.63) is 0 Å². The monoisotopic (exact) mass is 237 g/mol. The van der Waals surface area contributed by atoms with Crippen molar-refractivity contribution in [2.75, 3.05) is 14.2 Å². The van der Waals surface area contributed by atoms with Crippen molar-refractivity contribution in [3.63, 3.8) is 0 Å². The Morgan fingerprint density at radius 3 is 1.93 bits per heavy atom. The van der Waals surface area contributed by atoms with Crippen LogP contribution in [0.2, 0.25) is 0 Å². The minimum absolute atomic E-state index is 0.190. The Morgan fingerprint density at radius 1 is 1.27 bits per heavy atom. The van der Waals surface area contributed by atoms with E-state index in [4.69, 9.17) is 9.05 Å². The molecule has 0 aliphatic heterocycles. The molecule has 1 amide bonds. The molecule has 0 fully saturated rings. The average Bonchev–Trinajstić information content (AvgIpc) is 2.14. The molecule has 0 bridgehead atoms. The average molecular weight is 237 g/mol. The van der Waals surface area contributed by atoms with Crippen LogP contribution >= 0.6 is 7.60 Å². The summed E-state index contributed by atoms with van der Waals surface area (Å²) in [5, 5.41) is 2.61. The van der Waals surface area contributed by atoms with E-state index in [-0.39, 0.29) is 5.91 Å². The number of hydrogen-bond donors (Lipinski definition) is 1. The van der Waals surface area contributed by atoms with Gasteiger partial charge in [0.05, 0.1) is 0 Å². The van der Waals surface area contributed by atoms with E-state index in [2.05, 4.69) is 5.32 Å². The molecule has 0 saturated heterocycles. The van der Waals surface area contributed by atoms with Crippen LogP contribution in [-0.2, 0) is 18.4 Å². The van der Waals surface area contributed by atoms with Crippen molar-refractivity contribution in [2.45, 2.75) is 33.5 Å². The van der Waals surface area contributed by atoms with E-state index < -0.39 is 18.8 Å². The maximum absolute atomic E-state index is 11.9. The van der Waals surface area contributed by atoms with Crippen molar-refractivity contribution in [3.8, 4) is 0 Å². The Labute approximate surface area is 91.1 Å². The highest BCUT2D eigenvalue weighted by atomic mass is 31.2. The van der Waals surface area contributed by atoms with Gasteiger partial charge in [0.25, 0.3) is 0 Å². The Balaban J connectivity index is 4.57. The van der Waals surface area contributed by atoms with Gasteiger partial charge in [0, 0.05) is 19.6 Å². The molecule has 0 aromatic carbocycles. The number of hydrogen-bond acceptors (Lipinski definition) is 4. The predicted molar refractivity (Wildman–Crippen MR) is 58.7 cm³/mol. The third-order valence-corrected chi connectivity index (χ3v) is 4.10. The highest BCUT2D eigenvalue weighted by Crippen LogP contribution is 2.50. The van der Waals surface area contributed by atoms with E-state index in [0.717, 1.165) is 0 Å². The molecule has 0 rings (SSSR count). The fraction of sp³-hybridized carbons (Fsp3) is 0.889. The SMILES string of the molecule is COP(=O)(OC)C(C)NC(=O)C(C)(C)C. The second-order valence-electron chi connectivity index (χ2n) is 4.30. The van der Waals surface area contributed by atoms with Crippen LogP contribution in [0.3, 0.4) is 0 Å². The lowest BCUT2D eigenvalue weighted by Crippen LogP contribution is -2.40. The highest BCUT2D eigenvalue weighted by molar-refractivity contribution is 7.54. The highest BCUT2D eigenvalue weighted by Gasteiger charge is 2.33. The molecule has 1 atom stereocenters. The minimum Gasteiger partial charge on any atom is -0.342 e. The van der Waals surface area contributed by atoms with Crippen molar-refractivity contribution >= 4 is 13.5 Å². The van der Waals surface area contributed by atoms with Crippen molar-refractivity contribution in [2.24, 2.45) is 5.41 Å². The standard InChI is InChI=1S/C9H20NO4P/c1-7(15(12,13-5)14-6)10-8(11)9(2,3)4/h7H,1-6H3,(H,10,11). The maximum Gasteiger partial charge on any atom is 0.351 e. The predicted octanol–water partition coefficient (Wildman–Crippen LogP) is 1.98. The summed E-state index contributed by atoms with van der Waals surface area (Å²) < 4.78 is 21.4. The summed E-state index contributed by atoms with van der Waals surface area (Å²) in [4.78, 5) is 11.6. The summed E-state index contributed by atoms with van der Waals surface area (Å²) in [6.07, 6.45) is 0. The largest absolute Gasteiger partial charge is 0.351 e. The molecule has 0 spiro atoms. The molecule has 15 heavy (non-hydrogen) atoms. The second kappa shape index (κ2) is 5.10. The summed E-state index contributed by atoms with van der Waals surface area (Å²) in [5.74, 6) is -0.844. The summed E-state index contributed by atoms with van der Waals surface area (Å²) >= 11 is 0. The Morgan fingerprint density at radius 2 is 1.67 bits per heavy atom. The number of carbonyl (C=O) groups excluding carboxylic acids is 1. The molecule has 6 heteroatoms. The lowest BCUT2D eigenvalue weighted by Gasteiger charge is -2.25.